The zero-order valence-corrected chi connectivity index (χ0v) is 22.0. The minimum absolute atomic E-state index is 0.0435. The summed E-state index contributed by atoms with van der Waals surface area (Å²) in [5.41, 5.74) is 4.85. The van der Waals surface area contributed by atoms with E-state index in [2.05, 4.69) is 20.7 Å². The van der Waals surface area contributed by atoms with Crippen molar-refractivity contribution >= 4 is 23.3 Å². The van der Waals surface area contributed by atoms with Gasteiger partial charge < -0.3 is 20.7 Å². The molecule has 0 bridgehead atoms. The smallest absolute Gasteiger partial charge is 0.385 e. The van der Waals surface area contributed by atoms with Crippen LogP contribution in [-0.2, 0) is 9.53 Å². The summed E-state index contributed by atoms with van der Waals surface area (Å²) in [5.74, 6) is -0.342. The van der Waals surface area contributed by atoms with Crippen molar-refractivity contribution in [2.45, 2.75) is 25.4 Å². The van der Waals surface area contributed by atoms with Crippen LogP contribution in [0.2, 0.25) is 0 Å². The number of hydrogen-bond donors (Lipinski definition) is 3. The average Bonchev–Trinajstić information content (AvgIpc) is 3.37. The summed E-state index contributed by atoms with van der Waals surface area (Å²) in [6.45, 7) is 1.59. The van der Waals surface area contributed by atoms with Crippen LogP contribution < -0.4 is 16.0 Å². The number of rotatable bonds is 10. The first-order chi connectivity index (χ1) is 19.1. The fourth-order valence-electron chi connectivity index (χ4n) is 4.04. The van der Waals surface area contributed by atoms with Crippen molar-refractivity contribution in [2.24, 2.45) is 0 Å². The van der Waals surface area contributed by atoms with Gasteiger partial charge in [0, 0.05) is 37.1 Å². The van der Waals surface area contributed by atoms with E-state index in [1.165, 1.54) is 0 Å². The molecule has 9 nitrogen and oxygen atoms in total. The topological polar surface area (TPSA) is 110 Å². The van der Waals surface area contributed by atoms with Gasteiger partial charge in [-0.2, -0.15) is 18.3 Å². The molecule has 40 heavy (non-hydrogen) atoms. The standard InChI is InChI=1S/C28H29F3N6O3/c1-18(26(38)32-11-4-12-40-2)19-7-9-20(10-8-19)22-14-25-33-16-24(37(25)35-15-22)21-5-3-6-23(13-21)36-27(39)34-17-28(29,30)31/h3,5-10,13-16,18H,4,11-12,17H2,1-2H3,(H,32,38)(H2,34,36,39). The summed E-state index contributed by atoms with van der Waals surface area (Å²) in [5, 5.41) is 11.6. The van der Waals surface area contributed by atoms with Crippen molar-refractivity contribution in [3.63, 3.8) is 0 Å². The molecule has 0 saturated carbocycles. The molecule has 2 heterocycles. The summed E-state index contributed by atoms with van der Waals surface area (Å²) in [6, 6.07) is 15.3. The van der Waals surface area contributed by atoms with Crippen LogP contribution in [0.5, 0.6) is 0 Å². The number of amides is 3. The maximum absolute atomic E-state index is 12.4. The highest BCUT2D eigenvalue weighted by Gasteiger charge is 2.27. The number of hydrogen-bond acceptors (Lipinski definition) is 5. The number of ether oxygens (including phenoxy) is 1. The number of aromatic nitrogens is 3. The third-order valence-electron chi connectivity index (χ3n) is 6.19. The molecule has 0 saturated heterocycles. The second-order valence-corrected chi connectivity index (χ2v) is 9.14. The Morgan fingerprint density at radius 2 is 1.77 bits per heavy atom. The fraction of sp³-hybridized carbons (Fsp3) is 0.286. The van der Waals surface area contributed by atoms with Crippen molar-refractivity contribution in [3.8, 4) is 22.4 Å². The van der Waals surface area contributed by atoms with E-state index < -0.39 is 18.8 Å². The highest BCUT2D eigenvalue weighted by molar-refractivity contribution is 5.90. The van der Waals surface area contributed by atoms with Crippen molar-refractivity contribution in [1.82, 2.24) is 25.2 Å². The highest BCUT2D eigenvalue weighted by Crippen LogP contribution is 2.27. The minimum Gasteiger partial charge on any atom is -0.385 e. The molecule has 0 aliphatic carbocycles. The number of carbonyl (C=O) groups is 2. The number of nitrogens with one attached hydrogen (secondary N) is 3. The van der Waals surface area contributed by atoms with Gasteiger partial charge in [-0.1, -0.05) is 36.4 Å². The number of halogens is 3. The second kappa shape index (κ2) is 12.6. The summed E-state index contributed by atoms with van der Waals surface area (Å²) < 4.78 is 43.7. The Bertz CT molecular complexity index is 1470. The first kappa shape index (κ1) is 28.6. The van der Waals surface area contributed by atoms with Gasteiger partial charge in [0.1, 0.15) is 6.54 Å². The second-order valence-electron chi connectivity index (χ2n) is 9.14. The first-order valence-electron chi connectivity index (χ1n) is 12.6. The van der Waals surface area contributed by atoms with Gasteiger partial charge in [-0.15, -0.1) is 0 Å². The number of anilines is 1. The number of methoxy groups -OCH3 is 1. The third kappa shape index (κ3) is 7.35. The predicted molar refractivity (Wildman–Crippen MR) is 145 cm³/mol. The van der Waals surface area contributed by atoms with Crippen LogP contribution in [0, 0.1) is 0 Å². The van der Waals surface area contributed by atoms with Crippen LogP contribution in [0.1, 0.15) is 24.8 Å². The molecule has 1 atom stereocenters. The molecule has 0 aliphatic rings. The molecule has 0 radical (unpaired) electrons. The number of fused-ring (bicyclic) bond motifs is 1. The van der Waals surface area contributed by atoms with Crippen molar-refractivity contribution in [3.05, 3.63) is 72.6 Å². The van der Waals surface area contributed by atoms with Crippen molar-refractivity contribution in [2.75, 3.05) is 32.1 Å². The molecule has 0 aliphatic heterocycles. The molecular formula is C28H29F3N6O3. The average molecular weight is 555 g/mol. The molecule has 4 rings (SSSR count). The summed E-state index contributed by atoms with van der Waals surface area (Å²) in [6.07, 6.45) is -0.415. The number of imidazole rings is 1. The minimum atomic E-state index is -4.50. The van der Waals surface area contributed by atoms with E-state index in [1.807, 2.05) is 37.3 Å². The van der Waals surface area contributed by atoms with Crippen LogP contribution in [-0.4, -0.2) is 59.5 Å². The maximum atomic E-state index is 12.4. The van der Waals surface area contributed by atoms with Crippen molar-refractivity contribution in [1.29, 1.82) is 0 Å². The molecule has 4 aromatic rings. The zero-order valence-electron chi connectivity index (χ0n) is 22.0. The number of alkyl halides is 3. The van der Waals surface area contributed by atoms with Gasteiger partial charge in [0.2, 0.25) is 5.91 Å². The van der Waals surface area contributed by atoms with E-state index in [9.17, 15) is 22.8 Å². The Morgan fingerprint density at radius 1 is 1.00 bits per heavy atom. The lowest BCUT2D eigenvalue weighted by molar-refractivity contribution is -0.123. The van der Waals surface area contributed by atoms with E-state index in [0.717, 1.165) is 23.1 Å². The quantitative estimate of drug-likeness (QED) is 0.239. The van der Waals surface area contributed by atoms with Gasteiger partial charge in [0.15, 0.2) is 5.65 Å². The monoisotopic (exact) mass is 554 g/mol. The third-order valence-corrected chi connectivity index (χ3v) is 6.19. The molecule has 1 unspecified atom stereocenters. The van der Waals surface area contributed by atoms with Gasteiger partial charge in [0.25, 0.3) is 0 Å². The van der Waals surface area contributed by atoms with E-state index in [4.69, 9.17) is 4.74 Å². The van der Waals surface area contributed by atoms with E-state index >= 15 is 0 Å². The lowest BCUT2D eigenvalue weighted by Gasteiger charge is -2.13. The molecule has 12 heteroatoms. The molecular weight excluding hydrogens is 525 g/mol. The van der Waals surface area contributed by atoms with Crippen LogP contribution in [0.25, 0.3) is 28.0 Å². The SMILES string of the molecule is COCCCNC(=O)C(C)c1ccc(-c2cnn3c(-c4cccc(NC(=O)NCC(F)(F)F)c4)cnc3c2)cc1. The van der Waals surface area contributed by atoms with E-state index in [1.54, 1.807) is 53.6 Å². The predicted octanol–water partition coefficient (Wildman–Crippen LogP) is 5.00. The molecule has 210 valence electrons. The Morgan fingerprint density at radius 3 is 2.50 bits per heavy atom. The molecule has 2 aromatic carbocycles. The molecule has 2 aromatic heterocycles. The summed E-state index contributed by atoms with van der Waals surface area (Å²) in [7, 11) is 1.63. The van der Waals surface area contributed by atoms with Gasteiger partial charge in [-0.05, 0) is 42.7 Å². The number of benzene rings is 2. The Balaban J connectivity index is 1.45. The summed E-state index contributed by atoms with van der Waals surface area (Å²) >= 11 is 0. The first-order valence-corrected chi connectivity index (χ1v) is 12.6. The van der Waals surface area contributed by atoms with Gasteiger partial charge in [-0.25, -0.2) is 14.3 Å². The number of nitrogens with zero attached hydrogens (tertiary/aromatic N) is 3. The van der Waals surface area contributed by atoms with Gasteiger partial charge >= 0.3 is 12.2 Å². The largest absolute Gasteiger partial charge is 0.405 e. The number of carbonyl (C=O) groups excluding carboxylic acids is 2. The van der Waals surface area contributed by atoms with Gasteiger partial charge in [-0.3, -0.25) is 4.79 Å². The lowest BCUT2D eigenvalue weighted by atomic mass is 9.97. The van der Waals surface area contributed by atoms with Crippen molar-refractivity contribution < 1.29 is 27.5 Å². The normalized spacial score (nSPS) is 12.2. The number of urea groups is 1. The zero-order chi connectivity index (χ0) is 28.7. The Kier molecular flexibility index (Phi) is 9.00. The van der Waals surface area contributed by atoms with Crippen LogP contribution >= 0.6 is 0 Å². The van der Waals surface area contributed by atoms with E-state index in [0.29, 0.717) is 35.7 Å². The molecule has 3 amide bonds. The van der Waals surface area contributed by atoms with Crippen LogP contribution in [0.3, 0.4) is 0 Å². The lowest BCUT2D eigenvalue weighted by Crippen LogP contribution is -2.36. The van der Waals surface area contributed by atoms with Crippen LogP contribution in [0.4, 0.5) is 23.7 Å². The molecule has 3 N–H and O–H groups in total. The molecule has 0 spiro atoms. The summed E-state index contributed by atoms with van der Waals surface area (Å²) in [4.78, 5) is 28.7. The van der Waals surface area contributed by atoms with E-state index in [-0.39, 0.29) is 11.8 Å². The van der Waals surface area contributed by atoms with Gasteiger partial charge in [0.05, 0.1) is 24.0 Å². The Labute approximate surface area is 228 Å². The maximum Gasteiger partial charge on any atom is 0.405 e. The Hall–Kier alpha value is -4.45. The van der Waals surface area contributed by atoms with Crippen LogP contribution in [0.15, 0.2) is 67.0 Å². The fourth-order valence-corrected chi connectivity index (χ4v) is 4.04. The molecule has 0 fully saturated rings. The highest BCUT2D eigenvalue weighted by atomic mass is 19.4.